The molecular formula is C35H58N6O3. The van der Waals surface area contributed by atoms with Crippen molar-refractivity contribution in [3.05, 3.63) is 30.1 Å². The Balaban J connectivity index is 1.26. The maximum atomic E-state index is 12.3. The topological polar surface area (TPSA) is 108 Å². The normalized spacial score (nSPS) is 11.6. The standard InChI is InChI=1S/C35H58N6O3/c1-4-6-8-9-10-11-12-13-14-15-16-19-24-40(3)28-32(42)37-23-25-43-26-27-44-41-31(22-7-5-2)39-33-34(41)29-20-17-18-21-30(29)38-35(33)36/h17-18,20-21H,4-16,19,22-28H2,1-3H3,(H2,36,38)(H,37,42). The first-order valence-corrected chi connectivity index (χ1v) is 17.3. The van der Waals surface area contributed by atoms with Gasteiger partial charge >= 0.3 is 0 Å². The molecule has 9 heteroatoms. The number of rotatable bonds is 25. The van der Waals surface area contributed by atoms with E-state index in [0.717, 1.165) is 54.5 Å². The number of carbonyl (C=O) groups excluding carboxylic acids is 1. The first-order chi connectivity index (χ1) is 21.5. The van der Waals surface area contributed by atoms with Gasteiger partial charge in [0, 0.05) is 18.4 Å². The number of nitrogen functional groups attached to an aromatic ring is 1. The van der Waals surface area contributed by atoms with Crippen LogP contribution in [-0.4, -0.2) is 72.0 Å². The third-order valence-electron chi connectivity index (χ3n) is 8.12. The van der Waals surface area contributed by atoms with Gasteiger partial charge in [0.25, 0.3) is 0 Å². The fraction of sp³-hybridized carbons (Fsp3) is 0.686. The van der Waals surface area contributed by atoms with E-state index in [4.69, 9.17) is 20.3 Å². The Morgan fingerprint density at radius 1 is 0.864 bits per heavy atom. The molecule has 3 aromatic rings. The Hall–Kier alpha value is -2.91. The number of nitrogens with zero attached hydrogens (tertiary/aromatic N) is 4. The third kappa shape index (κ3) is 12.2. The van der Waals surface area contributed by atoms with Crippen LogP contribution in [0.4, 0.5) is 5.82 Å². The lowest BCUT2D eigenvalue weighted by atomic mass is 10.1. The van der Waals surface area contributed by atoms with Crippen LogP contribution in [-0.2, 0) is 16.0 Å². The molecule has 2 heterocycles. The van der Waals surface area contributed by atoms with E-state index in [1.165, 1.54) is 70.6 Å². The van der Waals surface area contributed by atoms with Crippen LogP contribution in [0.25, 0.3) is 21.9 Å². The Bertz CT molecular complexity index is 1230. The van der Waals surface area contributed by atoms with E-state index in [1.54, 1.807) is 0 Å². The number of aromatic nitrogens is 3. The fourth-order valence-electron chi connectivity index (χ4n) is 5.61. The summed E-state index contributed by atoms with van der Waals surface area (Å²) >= 11 is 0. The number of para-hydroxylation sites is 1. The van der Waals surface area contributed by atoms with Crippen molar-refractivity contribution in [3.8, 4) is 0 Å². The Kier molecular flexibility index (Phi) is 16.9. The lowest BCUT2D eigenvalue weighted by Crippen LogP contribution is -2.37. The number of carbonyl (C=O) groups is 1. The van der Waals surface area contributed by atoms with Gasteiger partial charge in [0.2, 0.25) is 5.91 Å². The van der Waals surface area contributed by atoms with Gasteiger partial charge in [-0.3, -0.25) is 9.69 Å². The number of likely N-dealkylation sites (N-methyl/N-ethyl adjacent to an activating group) is 1. The zero-order valence-electron chi connectivity index (χ0n) is 27.7. The summed E-state index contributed by atoms with van der Waals surface area (Å²) in [5, 5.41) is 3.92. The Labute approximate surface area is 265 Å². The molecule has 0 unspecified atom stereocenters. The molecule has 3 N–H and O–H groups in total. The minimum atomic E-state index is 0.0369. The van der Waals surface area contributed by atoms with E-state index in [1.807, 2.05) is 36.0 Å². The van der Waals surface area contributed by atoms with E-state index in [-0.39, 0.29) is 5.91 Å². The highest BCUT2D eigenvalue weighted by Gasteiger charge is 2.18. The van der Waals surface area contributed by atoms with E-state index in [0.29, 0.717) is 44.2 Å². The summed E-state index contributed by atoms with van der Waals surface area (Å²) in [6.45, 7) is 7.48. The molecule has 1 amide bonds. The van der Waals surface area contributed by atoms with Crippen molar-refractivity contribution in [1.29, 1.82) is 0 Å². The molecule has 0 spiro atoms. The minimum Gasteiger partial charge on any atom is -0.410 e. The molecule has 0 aliphatic rings. The number of pyridine rings is 1. The zero-order valence-corrected chi connectivity index (χ0v) is 27.7. The quantitative estimate of drug-likeness (QED) is 0.103. The van der Waals surface area contributed by atoms with Crippen molar-refractivity contribution in [3.63, 3.8) is 0 Å². The second kappa shape index (κ2) is 20.9. The molecule has 0 atom stereocenters. The van der Waals surface area contributed by atoms with Gasteiger partial charge in [-0.25, -0.2) is 9.97 Å². The van der Waals surface area contributed by atoms with Crippen molar-refractivity contribution in [2.45, 2.75) is 110 Å². The van der Waals surface area contributed by atoms with Gasteiger partial charge in [-0.1, -0.05) is 109 Å². The molecule has 0 fully saturated rings. The van der Waals surface area contributed by atoms with Gasteiger partial charge in [-0.15, -0.1) is 0 Å². The summed E-state index contributed by atoms with van der Waals surface area (Å²) in [5.74, 6) is 1.28. The van der Waals surface area contributed by atoms with E-state index in [9.17, 15) is 4.79 Å². The van der Waals surface area contributed by atoms with Crippen LogP contribution < -0.4 is 15.9 Å². The van der Waals surface area contributed by atoms with Crippen LogP contribution in [0.5, 0.6) is 0 Å². The fourth-order valence-corrected chi connectivity index (χ4v) is 5.61. The number of nitrogens with two attached hydrogens (primary N) is 1. The Morgan fingerprint density at radius 3 is 2.23 bits per heavy atom. The van der Waals surface area contributed by atoms with Crippen molar-refractivity contribution < 1.29 is 14.4 Å². The summed E-state index contributed by atoms with van der Waals surface area (Å²) in [6.07, 6.45) is 19.0. The predicted octanol–water partition coefficient (Wildman–Crippen LogP) is 6.70. The Morgan fingerprint density at radius 2 is 1.52 bits per heavy atom. The number of anilines is 1. The van der Waals surface area contributed by atoms with Crippen molar-refractivity contribution >= 4 is 33.7 Å². The average Bonchev–Trinajstić information content (AvgIpc) is 3.39. The van der Waals surface area contributed by atoms with E-state index >= 15 is 0 Å². The van der Waals surface area contributed by atoms with Crippen molar-refractivity contribution in [2.75, 3.05) is 52.2 Å². The van der Waals surface area contributed by atoms with E-state index < -0.39 is 0 Å². The summed E-state index contributed by atoms with van der Waals surface area (Å²) in [7, 11) is 2.02. The highest BCUT2D eigenvalue weighted by molar-refractivity contribution is 6.06. The van der Waals surface area contributed by atoms with Gasteiger partial charge in [-0.2, -0.15) is 4.73 Å². The van der Waals surface area contributed by atoms with Crippen molar-refractivity contribution in [1.82, 2.24) is 24.9 Å². The molecule has 44 heavy (non-hydrogen) atoms. The molecule has 0 saturated carbocycles. The maximum Gasteiger partial charge on any atom is 0.234 e. The molecule has 3 rings (SSSR count). The molecule has 0 bridgehead atoms. The number of aryl methyl sites for hydroxylation is 1. The number of unbranched alkanes of at least 4 members (excludes halogenated alkanes) is 12. The number of ether oxygens (including phenoxy) is 1. The van der Waals surface area contributed by atoms with Gasteiger partial charge < -0.3 is 20.6 Å². The van der Waals surface area contributed by atoms with Crippen LogP contribution in [0.3, 0.4) is 0 Å². The largest absolute Gasteiger partial charge is 0.410 e. The summed E-state index contributed by atoms with van der Waals surface area (Å²) in [4.78, 5) is 29.9. The van der Waals surface area contributed by atoms with Crippen LogP contribution in [0.2, 0.25) is 0 Å². The third-order valence-corrected chi connectivity index (χ3v) is 8.12. The molecule has 0 aliphatic heterocycles. The predicted molar refractivity (Wildman–Crippen MR) is 182 cm³/mol. The number of fused-ring (bicyclic) bond motifs is 3. The highest BCUT2D eigenvalue weighted by Crippen LogP contribution is 2.28. The van der Waals surface area contributed by atoms with Gasteiger partial charge in [0.05, 0.1) is 25.3 Å². The smallest absolute Gasteiger partial charge is 0.234 e. The molecule has 2 aromatic heterocycles. The second-order valence-electron chi connectivity index (χ2n) is 12.1. The molecular weight excluding hydrogens is 552 g/mol. The summed E-state index contributed by atoms with van der Waals surface area (Å²) in [6, 6.07) is 7.90. The van der Waals surface area contributed by atoms with Crippen molar-refractivity contribution in [2.24, 2.45) is 0 Å². The first-order valence-electron chi connectivity index (χ1n) is 17.3. The molecule has 0 aliphatic carbocycles. The summed E-state index contributed by atoms with van der Waals surface area (Å²) in [5.41, 5.74) is 8.59. The number of imidazole rings is 1. The second-order valence-corrected chi connectivity index (χ2v) is 12.1. The van der Waals surface area contributed by atoms with Crippen LogP contribution in [0, 0.1) is 0 Å². The minimum absolute atomic E-state index is 0.0369. The molecule has 0 radical (unpaired) electrons. The van der Waals surface area contributed by atoms with Gasteiger partial charge in [0.15, 0.2) is 5.82 Å². The molecule has 9 nitrogen and oxygen atoms in total. The first kappa shape index (κ1) is 35.6. The SMILES string of the molecule is CCCCCCCCCCCCCCN(C)CC(=O)NCCOCCOn1c(CCCC)nc2c(N)nc3ccccc3c21. The molecule has 0 saturated heterocycles. The number of hydrogen-bond donors (Lipinski definition) is 2. The maximum absolute atomic E-state index is 12.3. The van der Waals surface area contributed by atoms with Gasteiger partial charge in [-0.05, 0) is 32.5 Å². The molecule has 1 aromatic carbocycles. The molecule has 246 valence electrons. The number of benzene rings is 1. The van der Waals surface area contributed by atoms with Gasteiger partial charge in [0.1, 0.15) is 23.5 Å². The number of nitrogens with one attached hydrogen (secondary N) is 1. The zero-order chi connectivity index (χ0) is 31.4. The number of amides is 1. The summed E-state index contributed by atoms with van der Waals surface area (Å²) < 4.78 is 7.56. The monoisotopic (exact) mass is 610 g/mol. The van der Waals surface area contributed by atoms with E-state index in [2.05, 4.69) is 29.0 Å². The average molecular weight is 611 g/mol. The van der Waals surface area contributed by atoms with Crippen LogP contribution in [0.15, 0.2) is 24.3 Å². The lowest BCUT2D eigenvalue weighted by Gasteiger charge is -2.16. The van der Waals surface area contributed by atoms with Crippen LogP contribution >= 0.6 is 0 Å². The number of hydrogen-bond acceptors (Lipinski definition) is 7. The van der Waals surface area contributed by atoms with Crippen LogP contribution in [0.1, 0.15) is 110 Å². The lowest BCUT2D eigenvalue weighted by molar-refractivity contribution is -0.122. The highest BCUT2D eigenvalue weighted by atomic mass is 16.7.